The van der Waals surface area contributed by atoms with Gasteiger partial charge in [-0.15, -0.1) is 0 Å². The van der Waals surface area contributed by atoms with E-state index in [2.05, 4.69) is 10.6 Å². The third kappa shape index (κ3) is 4.50. The molecule has 0 spiro atoms. The Hall–Kier alpha value is -4.20. The van der Waals surface area contributed by atoms with Crippen LogP contribution in [-0.4, -0.2) is 51.8 Å². The Kier molecular flexibility index (Phi) is 7.06. The standard InChI is InChI=1S/C30H32FN5O7/c1-4-30(41)18-7-22-26-16(9-36(22)28(39)17(18)10-43-29(30)40)25-20(34-23(37)11-42-12-33-27(38)14(3)32)6-5-15-13(2)19(31)8-21(35-26)24(15)25/h7-8,14,20,41H,4-6,9-12,32H2,1-3H3,(H,33,38)(H,34,37)/t14-,20-,30-/m0/s1. The van der Waals surface area contributed by atoms with Crippen LogP contribution in [0.4, 0.5) is 4.39 Å². The van der Waals surface area contributed by atoms with Gasteiger partial charge >= 0.3 is 5.97 Å². The van der Waals surface area contributed by atoms with Gasteiger partial charge in [0.25, 0.3) is 5.56 Å². The molecule has 1 aliphatic carbocycles. The van der Waals surface area contributed by atoms with Gasteiger partial charge in [0.15, 0.2) is 5.60 Å². The first kappa shape index (κ1) is 28.9. The smallest absolute Gasteiger partial charge is 0.343 e. The van der Waals surface area contributed by atoms with Crippen LogP contribution in [0.25, 0.3) is 22.3 Å². The van der Waals surface area contributed by atoms with Gasteiger partial charge in [-0.1, -0.05) is 6.92 Å². The van der Waals surface area contributed by atoms with Crippen LogP contribution in [0.15, 0.2) is 16.9 Å². The van der Waals surface area contributed by atoms with Gasteiger partial charge in [-0.25, -0.2) is 14.2 Å². The molecule has 3 aromatic rings. The predicted octanol–water partition coefficient (Wildman–Crippen LogP) is 1.07. The van der Waals surface area contributed by atoms with E-state index in [1.54, 1.807) is 19.9 Å². The number of carbonyl (C=O) groups is 3. The molecule has 0 bridgehead atoms. The molecule has 3 aliphatic rings. The van der Waals surface area contributed by atoms with Crippen molar-refractivity contribution in [3.05, 3.63) is 61.7 Å². The van der Waals surface area contributed by atoms with E-state index >= 15 is 4.39 Å². The van der Waals surface area contributed by atoms with E-state index in [4.69, 9.17) is 20.2 Å². The zero-order valence-corrected chi connectivity index (χ0v) is 24.0. The van der Waals surface area contributed by atoms with E-state index in [9.17, 15) is 24.3 Å². The largest absolute Gasteiger partial charge is 0.458 e. The fourth-order valence-corrected chi connectivity index (χ4v) is 6.36. The number of nitrogens with zero attached hydrogens (tertiary/aromatic N) is 2. The number of rotatable bonds is 7. The molecule has 0 fully saturated rings. The summed E-state index contributed by atoms with van der Waals surface area (Å²) in [5.74, 6) is -2.07. The molecule has 0 saturated heterocycles. The number of aromatic nitrogens is 2. The lowest BCUT2D eigenvalue weighted by atomic mass is 9.81. The quantitative estimate of drug-likeness (QED) is 0.139. The number of fused-ring (bicyclic) bond motifs is 5. The van der Waals surface area contributed by atoms with Crippen molar-refractivity contribution in [1.82, 2.24) is 20.2 Å². The molecule has 3 atom stereocenters. The molecule has 4 heterocycles. The molecule has 2 aliphatic heterocycles. The first-order chi connectivity index (χ1) is 20.5. The van der Waals surface area contributed by atoms with Gasteiger partial charge in [-0.05, 0) is 55.9 Å². The van der Waals surface area contributed by atoms with Crippen LogP contribution in [0.3, 0.4) is 0 Å². The minimum Gasteiger partial charge on any atom is -0.458 e. The number of benzene rings is 1. The molecule has 6 rings (SSSR count). The first-order valence-electron chi connectivity index (χ1n) is 14.2. The Labute approximate surface area is 245 Å². The number of amides is 2. The van der Waals surface area contributed by atoms with Gasteiger partial charge in [0.1, 0.15) is 25.8 Å². The molecule has 13 heteroatoms. The molecule has 43 heavy (non-hydrogen) atoms. The number of pyridine rings is 2. The van der Waals surface area contributed by atoms with Crippen LogP contribution in [0.5, 0.6) is 0 Å². The minimum atomic E-state index is -1.98. The number of ether oxygens (including phenoxy) is 2. The van der Waals surface area contributed by atoms with Gasteiger partial charge in [0.05, 0.1) is 41.1 Å². The predicted molar refractivity (Wildman–Crippen MR) is 151 cm³/mol. The van der Waals surface area contributed by atoms with E-state index in [-0.39, 0.29) is 44.0 Å². The summed E-state index contributed by atoms with van der Waals surface area (Å²) < 4.78 is 27.1. The van der Waals surface area contributed by atoms with E-state index in [1.165, 1.54) is 17.6 Å². The molecule has 2 amide bonds. The number of aliphatic hydroxyl groups is 1. The Bertz CT molecular complexity index is 1790. The maximum atomic E-state index is 15.1. The van der Waals surface area contributed by atoms with Gasteiger partial charge < -0.3 is 35.5 Å². The average molecular weight is 594 g/mol. The van der Waals surface area contributed by atoms with Crippen molar-refractivity contribution in [2.45, 2.75) is 70.9 Å². The number of nitrogens with one attached hydrogen (secondary N) is 2. The molecule has 12 nitrogen and oxygen atoms in total. The highest BCUT2D eigenvalue weighted by Gasteiger charge is 2.46. The Morgan fingerprint density at radius 1 is 1.30 bits per heavy atom. The second-order valence-electron chi connectivity index (χ2n) is 11.3. The highest BCUT2D eigenvalue weighted by molar-refractivity contribution is 5.94. The number of carbonyl (C=O) groups excluding carboxylic acids is 3. The van der Waals surface area contributed by atoms with Crippen molar-refractivity contribution in [1.29, 1.82) is 0 Å². The molecule has 0 saturated carbocycles. The number of cyclic esters (lactones) is 1. The third-order valence-electron chi connectivity index (χ3n) is 8.71. The Balaban J connectivity index is 1.43. The van der Waals surface area contributed by atoms with Crippen molar-refractivity contribution in [3.8, 4) is 11.4 Å². The van der Waals surface area contributed by atoms with Crippen LogP contribution in [0, 0.1) is 12.7 Å². The van der Waals surface area contributed by atoms with Gasteiger partial charge in [-0.3, -0.25) is 14.4 Å². The lowest BCUT2D eigenvalue weighted by Crippen LogP contribution is -2.44. The highest BCUT2D eigenvalue weighted by atomic mass is 19.1. The van der Waals surface area contributed by atoms with Gasteiger partial charge in [-0.2, -0.15) is 0 Å². The molecule has 0 unspecified atom stereocenters. The molecule has 0 radical (unpaired) electrons. The summed E-state index contributed by atoms with van der Waals surface area (Å²) in [6, 6.07) is 1.74. The van der Waals surface area contributed by atoms with Crippen LogP contribution >= 0.6 is 0 Å². The van der Waals surface area contributed by atoms with Crippen LogP contribution in [0.2, 0.25) is 0 Å². The number of hydrogen-bond donors (Lipinski definition) is 4. The fraction of sp³-hybridized carbons (Fsp3) is 0.433. The summed E-state index contributed by atoms with van der Waals surface area (Å²) in [6.45, 7) is 4.23. The lowest BCUT2D eigenvalue weighted by molar-refractivity contribution is -0.172. The molecule has 1 aromatic carbocycles. The average Bonchev–Trinajstić information content (AvgIpc) is 3.35. The molecule has 2 aromatic heterocycles. The summed E-state index contributed by atoms with van der Waals surface area (Å²) in [6.07, 6.45) is 0.966. The van der Waals surface area contributed by atoms with Crippen molar-refractivity contribution >= 4 is 28.7 Å². The maximum absolute atomic E-state index is 15.1. The third-order valence-corrected chi connectivity index (χ3v) is 8.71. The molecular weight excluding hydrogens is 561 g/mol. The highest BCUT2D eigenvalue weighted by Crippen LogP contribution is 2.45. The van der Waals surface area contributed by atoms with Crippen LogP contribution in [-0.2, 0) is 49.0 Å². The number of aryl methyl sites for hydroxylation is 1. The zero-order valence-electron chi connectivity index (χ0n) is 24.0. The minimum absolute atomic E-state index is 0.00390. The number of hydrogen-bond acceptors (Lipinski definition) is 9. The lowest BCUT2D eigenvalue weighted by Gasteiger charge is -2.31. The van der Waals surface area contributed by atoms with Crippen molar-refractivity contribution < 1.29 is 33.4 Å². The topological polar surface area (TPSA) is 175 Å². The van der Waals surface area contributed by atoms with E-state index in [0.29, 0.717) is 40.9 Å². The molecule has 5 N–H and O–H groups in total. The fourth-order valence-electron chi connectivity index (χ4n) is 6.36. The normalized spacial score (nSPS) is 20.6. The number of halogens is 1. The zero-order chi connectivity index (χ0) is 30.8. The van der Waals surface area contributed by atoms with Gasteiger partial charge in [0, 0.05) is 22.6 Å². The Morgan fingerprint density at radius 2 is 2.07 bits per heavy atom. The second-order valence-corrected chi connectivity index (χ2v) is 11.3. The second kappa shape index (κ2) is 10.5. The molecular formula is C30H32FN5O7. The van der Waals surface area contributed by atoms with E-state index < -0.39 is 46.8 Å². The summed E-state index contributed by atoms with van der Waals surface area (Å²) in [5.41, 5.74) is 7.41. The summed E-state index contributed by atoms with van der Waals surface area (Å²) in [4.78, 5) is 55.7. The summed E-state index contributed by atoms with van der Waals surface area (Å²) >= 11 is 0. The van der Waals surface area contributed by atoms with Crippen LogP contribution < -0.4 is 21.9 Å². The Morgan fingerprint density at radius 3 is 2.79 bits per heavy atom. The van der Waals surface area contributed by atoms with Crippen molar-refractivity contribution in [2.24, 2.45) is 5.73 Å². The SMILES string of the molecule is CC[C@@]1(O)C(=O)OCc2c1cc1n(c2=O)Cc2c-1nc1cc(F)c(C)c3c1c2[C@@H](NC(=O)COCNC(=O)[C@H](C)N)CC3. The summed E-state index contributed by atoms with van der Waals surface area (Å²) in [5, 5.41) is 17.4. The summed E-state index contributed by atoms with van der Waals surface area (Å²) in [7, 11) is 0. The van der Waals surface area contributed by atoms with E-state index in [1.807, 2.05) is 0 Å². The molecule has 226 valence electrons. The van der Waals surface area contributed by atoms with E-state index in [0.717, 1.165) is 16.5 Å². The van der Waals surface area contributed by atoms with Crippen molar-refractivity contribution in [3.63, 3.8) is 0 Å². The first-order valence-corrected chi connectivity index (χ1v) is 14.2. The number of esters is 1. The van der Waals surface area contributed by atoms with Crippen molar-refractivity contribution in [2.75, 3.05) is 13.3 Å². The van der Waals surface area contributed by atoms with Gasteiger partial charge in [0.2, 0.25) is 11.8 Å². The number of nitrogens with two attached hydrogens (primary N) is 1. The van der Waals surface area contributed by atoms with Crippen LogP contribution in [0.1, 0.15) is 66.1 Å². The monoisotopic (exact) mass is 593 g/mol. The maximum Gasteiger partial charge on any atom is 0.343 e.